The van der Waals surface area contributed by atoms with Crippen LogP contribution in [0.5, 0.6) is 0 Å². The number of aromatic nitrogens is 1. The van der Waals surface area contributed by atoms with Crippen molar-refractivity contribution in [3.05, 3.63) is 64.6 Å². The first-order valence-electron chi connectivity index (χ1n) is 8.91. The maximum atomic E-state index is 12.6. The zero-order valence-electron chi connectivity index (χ0n) is 14.8. The molecule has 1 saturated heterocycles. The summed E-state index contributed by atoms with van der Waals surface area (Å²) in [5.41, 5.74) is 3.12. The van der Waals surface area contributed by atoms with Crippen LogP contribution in [0.1, 0.15) is 5.56 Å². The molecule has 0 amide bonds. The predicted molar refractivity (Wildman–Crippen MR) is 105 cm³/mol. The SMILES string of the molecule is O=c1[nH]c2ccc(N3CCN(S(=O)(=O)CCc4ccccc4)CC3)cc2o1. The number of piperazine rings is 1. The number of hydrogen-bond donors (Lipinski definition) is 1. The molecule has 8 heteroatoms. The molecule has 0 radical (unpaired) electrons. The largest absolute Gasteiger partial charge is 0.417 e. The Hall–Kier alpha value is -2.58. The molecule has 0 atom stereocenters. The Kier molecular flexibility index (Phi) is 4.75. The summed E-state index contributed by atoms with van der Waals surface area (Å²) in [6.07, 6.45) is 0.520. The van der Waals surface area contributed by atoms with Crippen molar-refractivity contribution in [1.29, 1.82) is 0 Å². The van der Waals surface area contributed by atoms with Gasteiger partial charge in [0.1, 0.15) is 0 Å². The first-order chi connectivity index (χ1) is 13.0. The molecule has 1 aliphatic heterocycles. The molecule has 0 unspecified atom stereocenters. The van der Waals surface area contributed by atoms with E-state index in [9.17, 15) is 13.2 Å². The molecule has 0 spiro atoms. The number of oxazole rings is 1. The second-order valence-corrected chi connectivity index (χ2v) is 8.72. The number of nitrogens with zero attached hydrogens (tertiary/aromatic N) is 2. The van der Waals surface area contributed by atoms with E-state index < -0.39 is 15.8 Å². The summed E-state index contributed by atoms with van der Waals surface area (Å²) in [7, 11) is -3.28. The number of sulfonamides is 1. The average Bonchev–Trinajstić information content (AvgIpc) is 3.06. The van der Waals surface area contributed by atoms with Crippen molar-refractivity contribution in [3.8, 4) is 0 Å². The van der Waals surface area contributed by atoms with Gasteiger partial charge >= 0.3 is 5.76 Å². The van der Waals surface area contributed by atoms with Crippen LogP contribution < -0.4 is 10.7 Å². The molecule has 2 heterocycles. The van der Waals surface area contributed by atoms with Crippen LogP contribution in [0.2, 0.25) is 0 Å². The van der Waals surface area contributed by atoms with Gasteiger partial charge < -0.3 is 9.32 Å². The summed E-state index contributed by atoms with van der Waals surface area (Å²) in [5.74, 6) is -0.353. The van der Waals surface area contributed by atoms with E-state index in [2.05, 4.69) is 9.88 Å². The number of rotatable bonds is 5. The van der Waals surface area contributed by atoms with E-state index in [1.165, 1.54) is 0 Å². The fourth-order valence-electron chi connectivity index (χ4n) is 3.38. The molecule has 1 N–H and O–H groups in total. The van der Waals surface area contributed by atoms with E-state index in [1.807, 2.05) is 42.5 Å². The number of benzene rings is 2. The lowest BCUT2D eigenvalue weighted by Gasteiger charge is -2.35. The second-order valence-electron chi connectivity index (χ2n) is 6.63. The normalized spacial score (nSPS) is 16.1. The van der Waals surface area contributed by atoms with Gasteiger partial charge in [-0.3, -0.25) is 4.98 Å². The molecule has 2 aromatic carbocycles. The first kappa shape index (κ1) is 17.8. The zero-order valence-corrected chi connectivity index (χ0v) is 15.6. The fraction of sp³-hybridized carbons (Fsp3) is 0.316. The molecule has 0 aliphatic carbocycles. The van der Waals surface area contributed by atoms with E-state index in [-0.39, 0.29) is 5.75 Å². The summed E-state index contributed by atoms with van der Waals surface area (Å²) < 4.78 is 31.9. The molecular weight excluding hydrogens is 366 g/mol. The van der Waals surface area contributed by atoms with Gasteiger partial charge in [-0.2, -0.15) is 4.31 Å². The third-order valence-corrected chi connectivity index (χ3v) is 6.77. The summed E-state index contributed by atoms with van der Waals surface area (Å²) in [4.78, 5) is 16.0. The topological polar surface area (TPSA) is 86.6 Å². The predicted octanol–water partition coefficient (Wildman–Crippen LogP) is 1.82. The van der Waals surface area contributed by atoms with Gasteiger partial charge in [0.2, 0.25) is 10.0 Å². The summed E-state index contributed by atoms with van der Waals surface area (Å²) in [5, 5.41) is 0. The van der Waals surface area contributed by atoms with Crippen LogP contribution in [0.25, 0.3) is 11.1 Å². The Bertz CT molecular complexity index is 1080. The molecule has 142 valence electrons. The van der Waals surface area contributed by atoms with Crippen LogP contribution in [0.3, 0.4) is 0 Å². The monoisotopic (exact) mass is 387 g/mol. The number of aryl methyl sites for hydroxylation is 1. The van der Waals surface area contributed by atoms with Crippen LogP contribution in [0.15, 0.2) is 57.7 Å². The maximum Gasteiger partial charge on any atom is 0.417 e. The second kappa shape index (κ2) is 7.21. The molecule has 7 nitrogen and oxygen atoms in total. The number of nitrogens with one attached hydrogen (secondary N) is 1. The van der Waals surface area contributed by atoms with E-state index in [0.29, 0.717) is 43.7 Å². The maximum absolute atomic E-state index is 12.6. The van der Waals surface area contributed by atoms with Crippen molar-refractivity contribution in [1.82, 2.24) is 9.29 Å². The Labute approximate surface area is 157 Å². The van der Waals surface area contributed by atoms with Crippen molar-refractivity contribution in [2.24, 2.45) is 0 Å². The highest BCUT2D eigenvalue weighted by molar-refractivity contribution is 7.89. The van der Waals surface area contributed by atoms with Gasteiger partial charge in [0.15, 0.2) is 5.58 Å². The number of aromatic amines is 1. The lowest BCUT2D eigenvalue weighted by atomic mass is 10.2. The molecule has 0 bridgehead atoms. The minimum atomic E-state index is -3.28. The molecular formula is C19H21N3O4S. The molecule has 1 aromatic heterocycles. The van der Waals surface area contributed by atoms with Gasteiger partial charge in [0, 0.05) is 37.9 Å². The number of H-pyrrole nitrogens is 1. The molecule has 4 rings (SSSR count). The third-order valence-electron chi connectivity index (χ3n) is 4.89. The van der Waals surface area contributed by atoms with Crippen molar-refractivity contribution in [2.45, 2.75) is 6.42 Å². The number of hydrogen-bond acceptors (Lipinski definition) is 5. The van der Waals surface area contributed by atoms with Crippen LogP contribution in [-0.2, 0) is 16.4 Å². The molecule has 1 aliphatic rings. The van der Waals surface area contributed by atoms with Crippen LogP contribution in [0.4, 0.5) is 5.69 Å². The van der Waals surface area contributed by atoms with Crippen molar-refractivity contribution >= 4 is 26.8 Å². The van der Waals surface area contributed by atoms with Crippen molar-refractivity contribution in [2.75, 3.05) is 36.8 Å². The van der Waals surface area contributed by atoms with E-state index in [4.69, 9.17) is 4.42 Å². The van der Waals surface area contributed by atoms with Crippen molar-refractivity contribution in [3.63, 3.8) is 0 Å². The number of fused-ring (bicyclic) bond motifs is 1. The van der Waals surface area contributed by atoms with Crippen LogP contribution in [-0.4, -0.2) is 49.6 Å². The molecule has 1 fully saturated rings. The minimum absolute atomic E-state index is 0.122. The number of anilines is 1. The lowest BCUT2D eigenvalue weighted by molar-refractivity contribution is 0.385. The molecule has 3 aromatic rings. The van der Waals surface area contributed by atoms with Gasteiger partial charge in [-0.05, 0) is 24.1 Å². The van der Waals surface area contributed by atoms with Crippen LogP contribution >= 0.6 is 0 Å². The quantitative estimate of drug-likeness (QED) is 0.722. The third kappa shape index (κ3) is 3.91. The van der Waals surface area contributed by atoms with Crippen molar-refractivity contribution < 1.29 is 12.8 Å². The highest BCUT2D eigenvalue weighted by atomic mass is 32.2. The Balaban J connectivity index is 1.39. The van der Waals surface area contributed by atoms with Crippen LogP contribution in [0, 0.1) is 0 Å². The Morgan fingerprint density at radius 2 is 1.74 bits per heavy atom. The van der Waals surface area contributed by atoms with E-state index in [1.54, 1.807) is 10.4 Å². The summed E-state index contributed by atoms with van der Waals surface area (Å²) >= 11 is 0. The lowest BCUT2D eigenvalue weighted by Crippen LogP contribution is -2.49. The van der Waals surface area contributed by atoms with E-state index >= 15 is 0 Å². The Morgan fingerprint density at radius 1 is 1.00 bits per heavy atom. The van der Waals surface area contributed by atoms with Gasteiger partial charge in [-0.25, -0.2) is 13.2 Å². The standard InChI is InChI=1S/C19H21N3O4S/c23-19-20-17-7-6-16(14-18(17)26-19)21-9-11-22(12-10-21)27(24,25)13-8-15-4-2-1-3-5-15/h1-7,14H,8-13H2,(H,20,23). The van der Waals surface area contributed by atoms with Gasteiger partial charge in [0.05, 0.1) is 11.3 Å². The van der Waals surface area contributed by atoms with Gasteiger partial charge in [-0.1, -0.05) is 30.3 Å². The highest BCUT2D eigenvalue weighted by Crippen LogP contribution is 2.22. The average molecular weight is 387 g/mol. The fourth-order valence-corrected chi connectivity index (χ4v) is 4.85. The smallest absolute Gasteiger partial charge is 0.408 e. The first-order valence-corrected chi connectivity index (χ1v) is 10.5. The summed E-state index contributed by atoms with van der Waals surface area (Å²) in [6.45, 7) is 2.11. The minimum Gasteiger partial charge on any atom is -0.408 e. The summed E-state index contributed by atoms with van der Waals surface area (Å²) in [6, 6.07) is 15.2. The Morgan fingerprint density at radius 3 is 2.48 bits per heavy atom. The highest BCUT2D eigenvalue weighted by Gasteiger charge is 2.27. The van der Waals surface area contributed by atoms with E-state index in [0.717, 1.165) is 11.3 Å². The zero-order chi connectivity index (χ0) is 18.9. The van der Waals surface area contributed by atoms with Gasteiger partial charge in [0.25, 0.3) is 0 Å². The molecule has 0 saturated carbocycles. The molecule has 27 heavy (non-hydrogen) atoms. The van der Waals surface area contributed by atoms with Gasteiger partial charge in [-0.15, -0.1) is 0 Å².